The average Bonchev–Trinajstić information content (AvgIpc) is 3.17. The molecule has 0 saturated carbocycles. The molecule has 0 unspecified atom stereocenters. The molecule has 3 aromatic rings. The number of ether oxygens (including phenoxy) is 1. The van der Waals surface area contributed by atoms with Crippen LogP contribution in [0.3, 0.4) is 0 Å². The Bertz CT molecular complexity index is 969. The van der Waals surface area contributed by atoms with Crippen LogP contribution in [0.5, 0.6) is 0 Å². The van der Waals surface area contributed by atoms with Crippen molar-refractivity contribution in [3.8, 4) is 0 Å². The number of fused-ring (bicyclic) bond motifs is 1. The first kappa shape index (κ1) is 21.8. The highest BCUT2D eigenvalue weighted by Gasteiger charge is 2.11. The van der Waals surface area contributed by atoms with Gasteiger partial charge in [-0.3, -0.25) is 9.59 Å². The van der Waals surface area contributed by atoms with Gasteiger partial charge in [0, 0.05) is 31.7 Å². The second kappa shape index (κ2) is 10.7. The number of aryl methyl sites for hydroxylation is 2. The summed E-state index contributed by atoms with van der Waals surface area (Å²) in [6.07, 6.45) is 0.728. The molecule has 0 aliphatic carbocycles. The van der Waals surface area contributed by atoms with Crippen LogP contribution in [0.4, 0.5) is 5.69 Å². The minimum atomic E-state index is -0.389. The summed E-state index contributed by atoms with van der Waals surface area (Å²) in [6.45, 7) is 5.91. The van der Waals surface area contributed by atoms with Crippen molar-refractivity contribution in [2.24, 2.45) is 0 Å². The molecule has 1 amide bonds. The first-order valence-electron chi connectivity index (χ1n) is 10.1. The summed E-state index contributed by atoms with van der Waals surface area (Å²) in [7, 11) is 0. The second-order valence-corrected chi connectivity index (χ2v) is 8.12. The number of hydrogen-bond acceptors (Lipinski definition) is 6. The number of thiazole rings is 1. The molecule has 1 heterocycles. The molecule has 30 heavy (non-hydrogen) atoms. The molecule has 0 bridgehead atoms. The van der Waals surface area contributed by atoms with Crippen LogP contribution >= 0.6 is 11.3 Å². The summed E-state index contributed by atoms with van der Waals surface area (Å²) in [5.41, 5.74) is 3.28. The number of amides is 1. The maximum atomic E-state index is 12.0. The lowest BCUT2D eigenvalue weighted by Crippen LogP contribution is -2.36. The number of esters is 1. The van der Waals surface area contributed by atoms with Gasteiger partial charge in [-0.15, -0.1) is 11.3 Å². The van der Waals surface area contributed by atoms with Crippen molar-refractivity contribution >= 4 is 39.1 Å². The number of aromatic nitrogens is 1. The third-order valence-electron chi connectivity index (χ3n) is 4.70. The molecule has 0 saturated heterocycles. The van der Waals surface area contributed by atoms with Gasteiger partial charge in [0.25, 0.3) is 5.91 Å². The number of anilines is 1. The normalized spacial score (nSPS) is 10.7. The van der Waals surface area contributed by atoms with Gasteiger partial charge < -0.3 is 15.0 Å². The number of hydrogen-bond donors (Lipinski definition) is 1. The van der Waals surface area contributed by atoms with Crippen LogP contribution in [-0.4, -0.2) is 43.1 Å². The van der Waals surface area contributed by atoms with E-state index in [9.17, 15) is 9.59 Å². The van der Waals surface area contributed by atoms with E-state index < -0.39 is 0 Å². The molecule has 3 rings (SSSR count). The molecule has 0 aliphatic heterocycles. The van der Waals surface area contributed by atoms with Crippen LogP contribution in [0, 0.1) is 6.92 Å². The van der Waals surface area contributed by atoms with Crippen LogP contribution in [-0.2, 0) is 20.7 Å². The molecule has 0 radical (unpaired) electrons. The number of carbonyl (C=O) groups excluding carboxylic acids is 2. The zero-order valence-corrected chi connectivity index (χ0v) is 18.2. The lowest BCUT2D eigenvalue weighted by atomic mass is 10.2. The molecular formula is C23H27N3O3S. The molecule has 2 aromatic carbocycles. The zero-order chi connectivity index (χ0) is 21.3. The van der Waals surface area contributed by atoms with E-state index >= 15 is 0 Å². The molecule has 0 atom stereocenters. The third kappa shape index (κ3) is 6.29. The number of nitrogens with one attached hydrogen (secondary N) is 1. The maximum Gasteiger partial charge on any atom is 0.306 e. The Hall–Kier alpha value is -2.93. The van der Waals surface area contributed by atoms with Crippen molar-refractivity contribution in [1.82, 2.24) is 10.3 Å². The lowest BCUT2D eigenvalue weighted by molar-refractivity contribution is -0.148. The monoisotopic (exact) mass is 425 g/mol. The fourth-order valence-corrected chi connectivity index (χ4v) is 4.10. The minimum Gasteiger partial charge on any atom is -0.456 e. The fourth-order valence-electron chi connectivity index (χ4n) is 3.13. The SMILES string of the molecule is CCN(CCNC(=O)COC(=O)CCc1nc2ccccc2s1)c1cccc(C)c1. The summed E-state index contributed by atoms with van der Waals surface area (Å²) in [6, 6.07) is 16.2. The standard InChI is InChI=1S/C23H27N3O3S/c1-3-26(18-8-6-7-17(2)15-18)14-13-24-21(27)16-29-23(28)12-11-22-25-19-9-4-5-10-20(19)30-22/h4-10,15H,3,11-14,16H2,1-2H3,(H,24,27). The van der Waals surface area contributed by atoms with Crippen LogP contribution in [0.25, 0.3) is 10.2 Å². The van der Waals surface area contributed by atoms with Crippen molar-refractivity contribution in [2.45, 2.75) is 26.7 Å². The number of nitrogens with zero attached hydrogens (tertiary/aromatic N) is 2. The summed E-state index contributed by atoms with van der Waals surface area (Å²) in [4.78, 5) is 30.6. The zero-order valence-electron chi connectivity index (χ0n) is 17.4. The largest absolute Gasteiger partial charge is 0.456 e. The van der Waals surface area contributed by atoms with Crippen LogP contribution in [0.2, 0.25) is 0 Å². The Kier molecular flexibility index (Phi) is 7.79. The lowest BCUT2D eigenvalue weighted by Gasteiger charge is -2.23. The van der Waals surface area contributed by atoms with E-state index in [-0.39, 0.29) is 24.9 Å². The smallest absolute Gasteiger partial charge is 0.306 e. The van der Waals surface area contributed by atoms with Gasteiger partial charge in [-0.05, 0) is 43.7 Å². The van der Waals surface area contributed by atoms with Gasteiger partial charge in [0.2, 0.25) is 0 Å². The van der Waals surface area contributed by atoms with Gasteiger partial charge in [-0.2, -0.15) is 0 Å². The van der Waals surface area contributed by atoms with Crippen LogP contribution in [0.15, 0.2) is 48.5 Å². The van der Waals surface area contributed by atoms with Crippen molar-refractivity contribution in [3.05, 3.63) is 59.1 Å². The van der Waals surface area contributed by atoms with Gasteiger partial charge in [-0.25, -0.2) is 4.98 Å². The van der Waals surface area contributed by atoms with Crippen LogP contribution in [0.1, 0.15) is 23.9 Å². The van der Waals surface area contributed by atoms with E-state index in [1.807, 2.05) is 30.3 Å². The van der Waals surface area contributed by atoms with Gasteiger partial charge in [0.1, 0.15) is 0 Å². The van der Waals surface area contributed by atoms with Gasteiger partial charge in [-0.1, -0.05) is 24.3 Å². The van der Waals surface area contributed by atoms with E-state index in [0.29, 0.717) is 19.5 Å². The Morgan fingerprint density at radius 2 is 2.00 bits per heavy atom. The first-order valence-corrected chi connectivity index (χ1v) is 10.9. The molecular weight excluding hydrogens is 398 g/mol. The highest BCUT2D eigenvalue weighted by molar-refractivity contribution is 7.18. The summed E-state index contributed by atoms with van der Waals surface area (Å²) >= 11 is 1.58. The highest BCUT2D eigenvalue weighted by atomic mass is 32.1. The van der Waals surface area contributed by atoms with Crippen molar-refractivity contribution in [2.75, 3.05) is 31.1 Å². The Balaban J connectivity index is 1.35. The van der Waals surface area contributed by atoms with E-state index in [1.165, 1.54) is 5.56 Å². The fraction of sp³-hybridized carbons (Fsp3) is 0.348. The second-order valence-electron chi connectivity index (χ2n) is 7.00. The molecule has 0 aliphatic rings. The Morgan fingerprint density at radius 3 is 2.77 bits per heavy atom. The third-order valence-corrected chi connectivity index (χ3v) is 5.79. The van der Waals surface area contributed by atoms with Crippen molar-refractivity contribution < 1.29 is 14.3 Å². The Morgan fingerprint density at radius 1 is 1.17 bits per heavy atom. The molecule has 0 fully saturated rings. The topological polar surface area (TPSA) is 71.5 Å². The highest BCUT2D eigenvalue weighted by Crippen LogP contribution is 2.22. The van der Waals surface area contributed by atoms with Gasteiger partial charge >= 0.3 is 5.97 Å². The molecule has 0 spiro atoms. The summed E-state index contributed by atoms with van der Waals surface area (Å²) in [5.74, 6) is -0.678. The van der Waals surface area contributed by atoms with Crippen molar-refractivity contribution in [3.63, 3.8) is 0 Å². The average molecular weight is 426 g/mol. The molecule has 158 valence electrons. The van der Waals surface area contributed by atoms with E-state index in [0.717, 1.165) is 27.5 Å². The number of likely N-dealkylation sites (N-methyl/N-ethyl adjacent to an activating group) is 1. The predicted molar refractivity (Wildman–Crippen MR) is 121 cm³/mol. The maximum absolute atomic E-state index is 12.0. The molecule has 1 aromatic heterocycles. The summed E-state index contributed by atoms with van der Waals surface area (Å²) < 4.78 is 6.20. The Labute approximate surface area is 180 Å². The number of benzene rings is 2. The number of rotatable bonds is 10. The number of carbonyl (C=O) groups is 2. The molecule has 6 nitrogen and oxygen atoms in total. The van der Waals surface area contributed by atoms with E-state index in [4.69, 9.17) is 4.74 Å². The first-order chi connectivity index (χ1) is 14.5. The quantitative estimate of drug-likeness (QED) is 0.501. The number of para-hydroxylation sites is 1. The van der Waals surface area contributed by atoms with E-state index in [1.54, 1.807) is 11.3 Å². The van der Waals surface area contributed by atoms with Gasteiger partial charge in [0.05, 0.1) is 21.6 Å². The van der Waals surface area contributed by atoms with Crippen LogP contribution < -0.4 is 10.2 Å². The molecule has 1 N–H and O–H groups in total. The van der Waals surface area contributed by atoms with Crippen molar-refractivity contribution in [1.29, 1.82) is 0 Å². The predicted octanol–water partition coefficient (Wildman–Crippen LogP) is 3.72. The summed E-state index contributed by atoms with van der Waals surface area (Å²) in [5, 5.41) is 3.71. The minimum absolute atomic E-state index is 0.212. The van der Waals surface area contributed by atoms with E-state index in [2.05, 4.69) is 47.2 Å². The molecule has 7 heteroatoms. The van der Waals surface area contributed by atoms with Gasteiger partial charge in [0.15, 0.2) is 6.61 Å².